The maximum Gasteiger partial charge on any atom is 0.0364 e. The van der Waals surface area contributed by atoms with Gasteiger partial charge in [-0.1, -0.05) is 54.6 Å². The molecule has 3 aromatic carbocycles. The maximum absolute atomic E-state index is 2.58. The molecule has 0 N–H and O–H groups in total. The summed E-state index contributed by atoms with van der Waals surface area (Å²) in [6.45, 7) is 6.14. The fourth-order valence-corrected chi connectivity index (χ4v) is 3.64. The van der Waals surface area contributed by atoms with E-state index in [0.29, 0.717) is 0 Å². The second-order valence-corrected chi connectivity index (χ2v) is 8.11. The summed E-state index contributed by atoms with van der Waals surface area (Å²) >= 11 is 0. The second-order valence-electron chi connectivity index (χ2n) is 8.11. The largest absolute Gasteiger partial charge is 0.373 e. The maximum atomic E-state index is 2.58. The summed E-state index contributed by atoms with van der Waals surface area (Å²) in [7, 11) is 6.54. The molecule has 0 radical (unpaired) electrons. The Bertz CT molecular complexity index is 736. The third-order valence-corrected chi connectivity index (χ3v) is 5.85. The first kappa shape index (κ1) is 22.7. The van der Waals surface area contributed by atoms with Crippen LogP contribution in [0.4, 0.5) is 17.1 Å². The van der Waals surface area contributed by atoms with E-state index in [1.54, 1.807) is 0 Å². The summed E-state index contributed by atoms with van der Waals surface area (Å²) in [6, 6.07) is 31.9. The first-order valence-corrected chi connectivity index (χ1v) is 11.1. The van der Waals surface area contributed by atoms with Crippen LogP contribution in [0.2, 0.25) is 0 Å². The number of likely N-dealkylation sites (N-methyl/N-ethyl adjacent to an activating group) is 3. The predicted octanol–water partition coefficient (Wildman–Crippen LogP) is 4.70. The quantitative estimate of drug-likeness (QED) is 0.424. The summed E-state index contributed by atoms with van der Waals surface area (Å²) in [5, 5.41) is 0. The highest BCUT2D eigenvalue weighted by atomic mass is 15.2. The van der Waals surface area contributed by atoms with Crippen LogP contribution in [0.15, 0.2) is 91.0 Å². The molecule has 0 saturated carbocycles. The second kappa shape index (κ2) is 12.0. The summed E-state index contributed by atoms with van der Waals surface area (Å²) in [6.07, 6.45) is 0. The Hall–Kier alpha value is -2.98. The molecule has 0 aliphatic carbocycles. The molecule has 4 nitrogen and oxygen atoms in total. The standard InChI is InChI=1S/C27H36N4/c1-28(25-13-7-4-8-14-25)19-22-31(23-20-29(2)26-15-9-5-10-16-26)24-21-30(3)27-17-11-6-12-18-27/h4-18H,19-24H2,1-3H3. The van der Waals surface area contributed by atoms with Crippen molar-refractivity contribution in [3.8, 4) is 0 Å². The molecule has 3 aromatic rings. The predicted molar refractivity (Wildman–Crippen MR) is 136 cm³/mol. The molecule has 0 fully saturated rings. The molecule has 0 atom stereocenters. The number of hydrogen-bond donors (Lipinski definition) is 0. The van der Waals surface area contributed by atoms with Gasteiger partial charge < -0.3 is 14.7 Å². The molecule has 0 spiro atoms. The fourth-order valence-electron chi connectivity index (χ4n) is 3.64. The Kier molecular flexibility index (Phi) is 8.80. The zero-order chi connectivity index (χ0) is 21.9. The van der Waals surface area contributed by atoms with Gasteiger partial charge in [-0.25, -0.2) is 0 Å². The molecule has 3 rings (SSSR count). The summed E-state index contributed by atoms with van der Waals surface area (Å²) < 4.78 is 0. The average Bonchev–Trinajstić information content (AvgIpc) is 2.84. The van der Waals surface area contributed by atoms with Gasteiger partial charge >= 0.3 is 0 Å². The first-order valence-electron chi connectivity index (χ1n) is 11.1. The van der Waals surface area contributed by atoms with Gasteiger partial charge in [0.2, 0.25) is 0 Å². The van der Waals surface area contributed by atoms with Crippen LogP contribution in [0.1, 0.15) is 0 Å². The van der Waals surface area contributed by atoms with Gasteiger partial charge in [0.1, 0.15) is 0 Å². The Balaban J connectivity index is 1.57. The first-order chi connectivity index (χ1) is 15.1. The van der Waals surface area contributed by atoms with Gasteiger partial charge in [0.05, 0.1) is 0 Å². The molecule has 0 aliphatic rings. The Morgan fingerprint density at radius 3 is 0.903 bits per heavy atom. The van der Waals surface area contributed by atoms with E-state index in [2.05, 4.69) is 132 Å². The smallest absolute Gasteiger partial charge is 0.0364 e. The van der Waals surface area contributed by atoms with E-state index < -0.39 is 0 Å². The van der Waals surface area contributed by atoms with E-state index in [9.17, 15) is 0 Å². The lowest BCUT2D eigenvalue weighted by atomic mass is 10.2. The van der Waals surface area contributed by atoms with E-state index in [-0.39, 0.29) is 0 Å². The van der Waals surface area contributed by atoms with Crippen LogP contribution >= 0.6 is 0 Å². The molecule has 0 unspecified atom stereocenters. The average molecular weight is 417 g/mol. The van der Waals surface area contributed by atoms with Crippen LogP contribution < -0.4 is 14.7 Å². The molecule has 0 aliphatic heterocycles. The van der Waals surface area contributed by atoms with Crippen LogP contribution in [-0.2, 0) is 0 Å². The third kappa shape index (κ3) is 7.34. The molecule has 0 saturated heterocycles. The van der Waals surface area contributed by atoms with Crippen molar-refractivity contribution in [1.82, 2.24) is 4.90 Å². The highest BCUT2D eigenvalue weighted by Gasteiger charge is 2.11. The molecule has 0 aromatic heterocycles. The van der Waals surface area contributed by atoms with Crippen molar-refractivity contribution in [2.45, 2.75) is 0 Å². The topological polar surface area (TPSA) is 13.0 Å². The van der Waals surface area contributed by atoms with Crippen LogP contribution in [-0.4, -0.2) is 65.3 Å². The molecule has 0 amide bonds. The number of rotatable bonds is 12. The molecular weight excluding hydrogens is 380 g/mol. The van der Waals surface area contributed by atoms with Crippen molar-refractivity contribution in [1.29, 1.82) is 0 Å². The third-order valence-electron chi connectivity index (χ3n) is 5.85. The van der Waals surface area contributed by atoms with E-state index in [1.165, 1.54) is 17.1 Å². The van der Waals surface area contributed by atoms with E-state index in [1.807, 2.05) is 0 Å². The van der Waals surface area contributed by atoms with Gasteiger partial charge in [-0.05, 0) is 36.4 Å². The molecule has 0 bridgehead atoms. The highest BCUT2D eigenvalue weighted by molar-refractivity contribution is 5.46. The monoisotopic (exact) mass is 416 g/mol. The normalized spacial score (nSPS) is 10.8. The van der Waals surface area contributed by atoms with Gasteiger partial charge in [0, 0.05) is 77.5 Å². The molecule has 31 heavy (non-hydrogen) atoms. The molecular formula is C27H36N4. The summed E-state index contributed by atoms with van der Waals surface area (Å²) in [5.74, 6) is 0. The van der Waals surface area contributed by atoms with Crippen molar-refractivity contribution in [2.24, 2.45) is 0 Å². The number of benzene rings is 3. The van der Waals surface area contributed by atoms with Crippen molar-refractivity contribution >= 4 is 17.1 Å². The molecule has 164 valence electrons. The van der Waals surface area contributed by atoms with Crippen LogP contribution in [0.3, 0.4) is 0 Å². The Labute approximate surface area is 188 Å². The number of para-hydroxylation sites is 3. The lowest BCUT2D eigenvalue weighted by Crippen LogP contribution is -2.41. The number of nitrogens with zero attached hydrogens (tertiary/aromatic N) is 4. The van der Waals surface area contributed by atoms with Crippen molar-refractivity contribution < 1.29 is 0 Å². The fraction of sp³-hybridized carbons (Fsp3) is 0.333. The highest BCUT2D eigenvalue weighted by Crippen LogP contribution is 2.13. The molecule has 4 heteroatoms. The Morgan fingerprint density at radius 1 is 0.387 bits per heavy atom. The molecule has 0 heterocycles. The minimum absolute atomic E-state index is 1.01. The van der Waals surface area contributed by atoms with Gasteiger partial charge in [0.25, 0.3) is 0 Å². The minimum Gasteiger partial charge on any atom is -0.373 e. The van der Waals surface area contributed by atoms with E-state index >= 15 is 0 Å². The van der Waals surface area contributed by atoms with Gasteiger partial charge in [-0.3, -0.25) is 4.90 Å². The SMILES string of the molecule is CN(CCN(CCN(C)c1ccccc1)CCN(C)c1ccccc1)c1ccccc1. The van der Waals surface area contributed by atoms with Crippen molar-refractivity contribution in [2.75, 3.05) is 75.1 Å². The Morgan fingerprint density at radius 2 is 0.645 bits per heavy atom. The van der Waals surface area contributed by atoms with Gasteiger partial charge in [0.15, 0.2) is 0 Å². The van der Waals surface area contributed by atoms with E-state index in [0.717, 1.165) is 39.3 Å². The van der Waals surface area contributed by atoms with Crippen LogP contribution in [0.25, 0.3) is 0 Å². The zero-order valence-corrected chi connectivity index (χ0v) is 19.2. The van der Waals surface area contributed by atoms with Gasteiger partial charge in [-0.2, -0.15) is 0 Å². The minimum atomic E-state index is 1.01. The van der Waals surface area contributed by atoms with Crippen LogP contribution in [0.5, 0.6) is 0 Å². The number of hydrogen-bond acceptors (Lipinski definition) is 4. The van der Waals surface area contributed by atoms with Crippen molar-refractivity contribution in [3.63, 3.8) is 0 Å². The summed E-state index contributed by atoms with van der Waals surface area (Å²) in [5.41, 5.74) is 3.81. The lowest BCUT2D eigenvalue weighted by molar-refractivity contribution is 0.292. The number of anilines is 3. The van der Waals surface area contributed by atoms with Gasteiger partial charge in [-0.15, -0.1) is 0 Å². The van der Waals surface area contributed by atoms with Crippen LogP contribution in [0, 0.1) is 0 Å². The van der Waals surface area contributed by atoms with Crippen molar-refractivity contribution in [3.05, 3.63) is 91.0 Å². The van der Waals surface area contributed by atoms with E-state index in [4.69, 9.17) is 0 Å². The zero-order valence-electron chi connectivity index (χ0n) is 19.2. The lowest BCUT2D eigenvalue weighted by Gasteiger charge is -2.30. The summed E-state index contributed by atoms with van der Waals surface area (Å²) in [4.78, 5) is 9.61.